The zero-order valence-electron chi connectivity index (χ0n) is 20.8. The maximum absolute atomic E-state index is 11.8. The third-order valence-electron chi connectivity index (χ3n) is 5.56. The average Bonchev–Trinajstić information content (AvgIpc) is 3.56. The minimum Gasteiger partial charge on any atom is -0.461 e. The third kappa shape index (κ3) is 7.56. The van der Waals surface area contributed by atoms with Crippen molar-refractivity contribution in [3.05, 3.63) is 84.0 Å². The van der Waals surface area contributed by atoms with Crippen molar-refractivity contribution >= 4 is 59.0 Å². The lowest BCUT2D eigenvalue weighted by atomic mass is 10.2. The van der Waals surface area contributed by atoms with E-state index in [9.17, 15) is 9.59 Å². The van der Waals surface area contributed by atoms with Crippen LogP contribution in [0.15, 0.2) is 72.8 Å². The molecule has 0 N–H and O–H groups in total. The van der Waals surface area contributed by atoms with Gasteiger partial charge in [-0.05, 0) is 26.0 Å². The van der Waals surface area contributed by atoms with E-state index in [4.69, 9.17) is 14.2 Å². The molecule has 5 nitrogen and oxygen atoms in total. The highest BCUT2D eigenvalue weighted by Crippen LogP contribution is 2.54. The molecule has 0 aromatic heterocycles. The van der Waals surface area contributed by atoms with Gasteiger partial charge < -0.3 is 14.2 Å². The number of rotatable bonds is 10. The summed E-state index contributed by atoms with van der Waals surface area (Å²) in [5, 5.41) is 0.446. The molecule has 4 rings (SSSR count). The summed E-state index contributed by atoms with van der Waals surface area (Å²) in [6.07, 6.45) is 0. The summed E-state index contributed by atoms with van der Waals surface area (Å²) >= 11 is 7.29. The normalized spacial score (nSPS) is 22.9. The number of para-hydroxylation sites is 2. The minimum atomic E-state index is -0.340. The molecule has 2 fully saturated rings. The van der Waals surface area contributed by atoms with E-state index in [0.717, 1.165) is 34.1 Å². The molecule has 9 heteroatoms. The lowest BCUT2D eigenvalue weighted by Crippen LogP contribution is -2.16. The zero-order valence-corrected chi connectivity index (χ0v) is 24.1. The number of carbonyl (C=O) groups is 2. The second-order valence-electron chi connectivity index (χ2n) is 8.78. The highest BCUT2D eigenvalue weighted by molar-refractivity contribution is 8.20. The molecule has 37 heavy (non-hydrogen) atoms. The van der Waals surface area contributed by atoms with Gasteiger partial charge >= 0.3 is 11.9 Å². The Morgan fingerprint density at radius 2 is 1.16 bits per heavy atom. The van der Waals surface area contributed by atoms with E-state index in [1.54, 1.807) is 37.4 Å². The van der Waals surface area contributed by atoms with Crippen LogP contribution in [0, 0.1) is 0 Å². The molecule has 0 spiro atoms. The van der Waals surface area contributed by atoms with E-state index in [-0.39, 0.29) is 31.6 Å². The quantitative estimate of drug-likeness (QED) is 0.213. The van der Waals surface area contributed by atoms with Crippen LogP contribution in [-0.2, 0) is 19.1 Å². The van der Waals surface area contributed by atoms with E-state index < -0.39 is 0 Å². The summed E-state index contributed by atoms with van der Waals surface area (Å²) in [7, 11) is 0. The van der Waals surface area contributed by atoms with E-state index in [2.05, 4.69) is 25.3 Å². The molecule has 0 saturated carbocycles. The van der Waals surface area contributed by atoms with E-state index in [1.165, 1.54) is 0 Å². The smallest absolute Gasteiger partial charge is 0.333 e. The van der Waals surface area contributed by atoms with Gasteiger partial charge in [-0.25, -0.2) is 9.59 Å². The van der Waals surface area contributed by atoms with Crippen molar-refractivity contribution < 1.29 is 23.8 Å². The van der Waals surface area contributed by atoms with Crippen molar-refractivity contribution in [3.8, 4) is 11.5 Å². The van der Waals surface area contributed by atoms with Gasteiger partial charge in [0.25, 0.3) is 0 Å². The summed E-state index contributed by atoms with van der Waals surface area (Å²) in [6.45, 7) is 11.4. The van der Waals surface area contributed by atoms with E-state index in [1.807, 2.05) is 59.9 Å². The molecule has 2 heterocycles. The lowest BCUT2D eigenvalue weighted by molar-refractivity contribution is -0.139. The van der Waals surface area contributed by atoms with Crippen LogP contribution in [0.3, 0.4) is 0 Å². The fourth-order valence-corrected chi connectivity index (χ4v) is 10.2. The van der Waals surface area contributed by atoms with Gasteiger partial charge in [0.1, 0.15) is 24.7 Å². The number of thioether (sulfide) groups is 4. The first kappa shape index (κ1) is 28.1. The van der Waals surface area contributed by atoms with Gasteiger partial charge in [0.15, 0.2) is 0 Å². The van der Waals surface area contributed by atoms with Crippen molar-refractivity contribution in [2.75, 3.05) is 24.7 Å². The van der Waals surface area contributed by atoms with Crippen molar-refractivity contribution in [3.63, 3.8) is 0 Å². The number of carbonyl (C=O) groups excluding carboxylic acids is 2. The van der Waals surface area contributed by atoms with Gasteiger partial charge in [0, 0.05) is 44.3 Å². The van der Waals surface area contributed by atoms with Crippen molar-refractivity contribution in [2.24, 2.45) is 0 Å². The first-order chi connectivity index (χ1) is 17.8. The van der Waals surface area contributed by atoms with Gasteiger partial charge in [-0.15, -0.1) is 47.0 Å². The Morgan fingerprint density at radius 3 is 1.57 bits per heavy atom. The molecular formula is C28H30O5S4. The molecular weight excluding hydrogens is 545 g/mol. The number of hydrogen-bond donors (Lipinski definition) is 0. The zero-order chi connectivity index (χ0) is 26.4. The molecule has 2 aliphatic rings. The molecule has 2 saturated heterocycles. The van der Waals surface area contributed by atoms with Gasteiger partial charge in [0.2, 0.25) is 0 Å². The SMILES string of the molecule is C=C(C)C(=O)OCC1CSC(c2ccccc2Oc2ccccc2C2SCC(COC(=O)C(=C)C)S2)S1. The average molecular weight is 575 g/mol. The van der Waals surface area contributed by atoms with Crippen LogP contribution in [0.4, 0.5) is 0 Å². The van der Waals surface area contributed by atoms with Gasteiger partial charge in [0.05, 0.1) is 9.16 Å². The summed E-state index contributed by atoms with van der Waals surface area (Å²) < 4.78 is 17.7. The molecule has 0 amide bonds. The van der Waals surface area contributed by atoms with Crippen LogP contribution in [0.5, 0.6) is 11.5 Å². The second-order valence-corrected chi connectivity index (χ2v) is 14.5. The molecule has 2 aliphatic heterocycles. The molecule has 2 aromatic carbocycles. The van der Waals surface area contributed by atoms with Gasteiger partial charge in [-0.3, -0.25) is 0 Å². The summed E-state index contributed by atoms with van der Waals surface area (Å²) in [5.74, 6) is 2.78. The fraction of sp³-hybridized carbons (Fsp3) is 0.357. The molecule has 0 radical (unpaired) electrons. The maximum atomic E-state index is 11.8. The predicted molar refractivity (Wildman–Crippen MR) is 158 cm³/mol. The van der Waals surface area contributed by atoms with Crippen molar-refractivity contribution in [1.29, 1.82) is 0 Å². The number of ether oxygens (including phenoxy) is 3. The molecule has 0 bridgehead atoms. The van der Waals surface area contributed by atoms with Gasteiger partial charge in [-0.2, -0.15) is 0 Å². The molecule has 4 atom stereocenters. The molecule has 196 valence electrons. The van der Waals surface area contributed by atoms with Crippen LogP contribution in [0.2, 0.25) is 0 Å². The topological polar surface area (TPSA) is 61.8 Å². The molecule has 4 unspecified atom stereocenters. The second kappa shape index (κ2) is 13.2. The van der Waals surface area contributed by atoms with Crippen LogP contribution in [-0.4, -0.2) is 47.2 Å². The fourth-order valence-electron chi connectivity index (χ4n) is 3.64. The first-order valence-electron chi connectivity index (χ1n) is 11.9. The Kier molecular flexibility index (Phi) is 10.0. The summed E-state index contributed by atoms with van der Waals surface area (Å²) in [5.41, 5.74) is 3.08. The van der Waals surface area contributed by atoms with Crippen molar-refractivity contribution in [2.45, 2.75) is 33.5 Å². The van der Waals surface area contributed by atoms with Crippen LogP contribution >= 0.6 is 47.0 Å². The summed E-state index contributed by atoms with van der Waals surface area (Å²) in [6, 6.07) is 16.3. The van der Waals surface area contributed by atoms with Crippen molar-refractivity contribution in [1.82, 2.24) is 0 Å². The van der Waals surface area contributed by atoms with E-state index >= 15 is 0 Å². The number of esters is 2. The molecule has 0 aliphatic carbocycles. The van der Waals surface area contributed by atoms with Crippen LogP contribution < -0.4 is 4.74 Å². The standard InChI is InChI=1S/C28H30O5S4/c1-17(2)25(29)31-13-19-15-34-27(36-19)21-9-5-7-11-23(21)33-24-12-8-6-10-22(24)28-35-16-20(37-28)14-32-26(30)18(3)4/h5-12,19-20,27-28H,1,3,13-16H2,2,4H3. The maximum Gasteiger partial charge on any atom is 0.333 e. The monoisotopic (exact) mass is 574 g/mol. The Balaban J connectivity index is 1.41. The first-order valence-corrected chi connectivity index (χ1v) is 15.8. The number of hydrogen-bond acceptors (Lipinski definition) is 9. The predicted octanol–water partition coefficient (Wildman–Crippen LogP) is 7.41. The van der Waals surface area contributed by atoms with E-state index in [0.29, 0.717) is 24.4 Å². The van der Waals surface area contributed by atoms with Crippen LogP contribution in [0.1, 0.15) is 34.1 Å². The Hall–Kier alpha value is -1.94. The van der Waals surface area contributed by atoms with Crippen LogP contribution in [0.25, 0.3) is 0 Å². The van der Waals surface area contributed by atoms with Gasteiger partial charge in [-0.1, -0.05) is 49.6 Å². The Labute approximate surface area is 235 Å². The Morgan fingerprint density at radius 1 is 0.757 bits per heavy atom. The minimum absolute atomic E-state index is 0.194. The highest BCUT2D eigenvalue weighted by Gasteiger charge is 2.32. The number of benzene rings is 2. The third-order valence-corrected chi connectivity index (χ3v) is 12.1. The molecule has 2 aromatic rings. The lowest BCUT2D eigenvalue weighted by Gasteiger charge is -2.19. The summed E-state index contributed by atoms with van der Waals surface area (Å²) in [4.78, 5) is 23.6. The highest BCUT2D eigenvalue weighted by atomic mass is 32.2. The largest absolute Gasteiger partial charge is 0.461 e. The Bertz CT molecular complexity index is 1080.